The van der Waals surface area contributed by atoms with Crippen molar-refractivity contribution in [3.8, 4) is 5.75 Å². The quantitative estimate of drug-likeness (QED) is 0.733. The van der Waals surface area contributed by atoms with E-state index in [0.29, 0.717) is 62.8 Å². The minimum Gasteiger partial charge on any atom is -0.494 e. The summed E-state index contributed by atoms with van der Waals surface area (Å²) < 4.78 is 45.0. The van der Waals surface area contributed by atoms with Gasteiger partial charge in [0.05, 0.1) is 24.7 Å². The van der Waals surface area contributed by atoms with Gasteiger partial charge in [-0.25, -0.2) is 8.42 Å². The van der Waals surface area contributed by atoms with Crippen LogP contribution < -0.4 is 9.46 Å². The van der Waals surface area contributed by atoms with Crippen molar-refractivity contribution in [2.45, 2.75) is 30.4 Å². The van der Waals surface area contributed by atoms with E-state index in [1.54, 1.807) is 41.3 Å². The fourth-order valence-corrected chi connectivity index (χ4v) is 4.92. The molecule has 0 aromatic heterocycles. The van der Waals surface area contributed by atoms with E-state index in [0.717, 1.165) is 0 Å². The number of ether oxygens (including phenoxy) is 3. The maximum atomic E-state index is 13.0. The average molecular weight is 447 g/mol. The fraction of sp³-hybridized carbons (Fsp3) is 0.409. The highest BCUT2D eigenvalue weighted by atomic mass is 32.2. The Kier molecular flexibility index (Phi) is 6.17. The maximum absolute atomic E-state index is 13.0. The number of amides is 1. The third kappa shape index (κ3) is 4.84. The highest BCUT2D eigenvalue weighted by molar-refractivity contribution is 7.92. The lowest BCUT2D eigenvalue weighted by molar-refractivity contribution is -0.181. The smallest absolute Gasteiger partial charge is 0.261 e. The second-order valence-corrected chi connectivity index (χ2v) is 9.17. The zero-order valence-electron chi connectivity index (χ0n) is 17.4. The molecule has 0 bridgehead atoms. The SMILES string of the molecule is CCOc1ccc(NS(=O)(=O)c2cccc(C(=O)N3CCC4(CC3)OCCO4)c2)cc1. The molecule has 0 radical (unpaired) electrons. The molecule has 31 heavy (non-hydrogen) atoms. The van der Waals surface area contributed by atoms with Crippen molar-refractivity contribution in [1.82, 2.24) is 4.90 Å². The van der Waals surface area contributed by atoms with Crippen LogP contribution in [0.5, 0.6) is 5.75 Å². The Morgan fingerprint density at radius 2 is 1.77 bits per heavy atom. The van der Waals surface area contributed by atoms with Gasteiger partial charge in [-0.1, -0.05) is 6.07 Å². The van der Waals surface area contributed by atoms with Gasteiger partial charge < -0.3 is 19.1 Å². The molecule has 2 aromatic carbocycles. The molecule has 1 amide bonds. The zero-order valence-corrected chi connectivity index (χ0v) is 18.2. The molecule has 0 unspecified atom stereocenters. The molecule has 0 atom stereocenters. The van der Waals surface area contributed by atoms with Gasteiger partial charge in [0.25, 0.3) is 15.9 Å². The summed E-state index contributed by atoms with van der Waals surface area (Å²) in [7, 11) is -3.84. The Hall–Kier alpha value is -2.62. The second-order valence-electron chi connectivity index (χ2n) is 7.49. The Bertz CT molecular complexity index is 1020. The first-order valence-corrected chi connectivity index (χ1v) is 11.8. The Labute approximate surface area is 182 Å². The van der Waals surface area contributed by atoms with Crippen LogP contribution >= 0.6 is 0 Å². The molecular weight excluding hydrogens is 420 g/mol. The summed E-state index contributed by atoms with van der Waals surface area (Å²) in [6.45, 7) is 4.57. The lowest BCUT2D eigenvalue weighted by Gasteiger charge is -2.37. The van der Waals surface area contributed by atoms with E-state index >= 15 is 0 Å². The van der Waals surface area contributed by atoms with Crippen LogP contribution in [0.25, 0.3) is 0 Å². The number of nitrogens with one attached hydrogen (secondary N) is 1. The van der Waals surface area contributed by atoms with Gasteiger partial charge in [-0.3, -0.25) is 9.52 Å². The van der Waals surface area contributed by atoms with E-state index in [-0.39, 0.29) is 10.8 Å². The normalized spacial score (nSPS) is 18.2. The van der Waals surface area contributed by atoms with Crippen molar-refractivity contribution in [3.05, 3.63) is 54.1 Å². The van der Waals surface area contributed by atoms with Crippen LogP contribution in [0.3, 0.4) is 0 Å². The summed E-state index contributed by atoms with van der Waals surface area (Å²) in [4.78, 5) is 14.7. The van der Waals surface area contributed by atoms with E-state index in [1.165, 1.54) is 12.1 Å². The third-order valence-electron chi connectivity index (χ3n) is 5.43. The monoisotopic (exact) mass is 446 g/mol. The topological polar surface area (TPSA) is 94.2 Å². The summed E-state index contributed by atoms with van der Waals surface area (Å²) >= 11 is 0. The summed E-state index contributed by atoms with van der Waals surface area (Å²) in [5.41, 5.74) is 0.747. The molecule has 2 aromatic rings. The zero-order chi connectivity index (χ0) is 21.9. The molecule has 0 saturated carbocycles. The number of benzene rings is 2. The molecule has 1 spiro atoms. The maximum Gasteiger partial charge on any atom is 0.261 e. The lowest BCUT2D eigenvalue weighted by Crippen LogP contribution is -2.47. The molecule has 2 saturated heterocycles. The number of sulfonamides is 1. The number of nitrogens with zero attached hydrogens (tertiary/aromatic N) is 1. The molecule has 2 aliphatic heterocycles. The molecule has 9 heteroatoms. The molecule has 0 aliphatic carbocycles. The van der Waals surface area contributed by atoms with Crippen molar-refractivity contribution >= 4 is 21.6 Å². The average Bonchev–Trinajstić information content (AvgIpc) is 3.23. The molecular formula is C22H26N2O6S. The van der Waals surface area contributed by atoms with Gasteiger partial charge in [-0.2, -0.15) is 0 Å². The van der Waals surface area contributed by atoms with Gasteiger partial charge >= 0.3 is 0 Å². The second kappa shape index (κ2) is 8.86. The van der Waals surface area contributed by atoms with Crippen LogP contribution in [-0.4, -0.2) is 57.9 Å². The van der Waals surface area contributed by atoms with Gasteiger partial charge in [-0.15, -0.1) is 0 Å². The van der Waals surface area contributed by atoms with Crippen LogP contribution in [0.4, 0.5) is 5.69 Å². The van der Waals surface area contributed by atoms with Crippen LogP contribution in [0.1, 0.15) is 30.1 Å². The summed E-state index contributed by atoms with van der Waals surface area (Å²) in [6.07, 6.45) is 1.21. The number of carbonyl (C=O) groups excluding carboxylic acids is 1. The molecule has 1 N–H and O–H groups in total. The Morgan fingerprint density at radius 3 is 2.42 bits per heavy atom. The summed E-state index contributed by atoms with van der Waals surface area (Å²) in [5.74, 6) is -0.107. The van der Waals surface area contributed by atoms with Crippen molar-refractivity contribution in [3.63, 3.8) is 0 Å². The number of anilines is 1. The highest BCUT2D eigenvalue weighted by Gasteiger charge is 2.40. The van der Waals surface area contributed by atoms with Gasteiger partial charge in [0.1, 0.15) is 5.75 Å². The predicted molar refractivity (Wildman–Crippen MR) is 115 cm³/mol. The van der Waals surface area contributed by atoms with Gasteiger partial charge in [0.2, 0.25) is 0 Å². The van der Waals surface area contributed by atoms with Gasteiger partial charge in [0.15, 0.2) is 5.79 Å². The standard InChI is InChI=1S/C22H26N2O6S/c1-2-28-19-8-6-18(7-9-19)23-31(26,27)20-5-3-4-17(16-20)21(25)24-12-10-22(11-13-24)29-14-15-30-22/h3-9,16,23H,2,10-15H2,1H3. The van der Waals surface area contributed by atoms with Crippen LogP contribution in [-0.2, 0) is 19.5 Å². The number of hydrogen-bond acceptors (Lipinski definition) is 6. The first kappa shape index (κ1) is 21.6. The largest absolute Gasteiger partial charge is 0.494 e. The fourth-order valence-electron chi connectivity index (χ4n) is 3.81. The number of rotatable bonds is 6. The van der Waals surface area contributed by atoms with Crippen molar-refractivity contribution in [2.24, 2.45) is 0 Å². The van der Waals surface area contributed by atoms with Gasteiger partial charge in [-0.05, 0) is 49.4 Å². The van der Waals surface area contributed by atoms with E-state index in [2.05, 4.69) is 4.72 Å². The number of carbonyl (C=O) groups is 1. The number of piperidine rings is 1. The van der Waals surface area contributed by atoms with Crippen molar-refractivity contribution < 1.29 is 27.4 Å². The Morgan fingerprint density at radius 1 is 1.10 bits per heavy atom. The van der Waals surface area contributed by atoms with Crippen molar-refractivity contribution in [2.75, 3.05) is 37.6 Å². The minimum atomic E-state index is -3.84. The van der Waals surface area contributed by atoms with Gasteiger partial charge in [0, 0.05) is 37.2 Å². The van der Waals surface area contributed by atoms with Crippen molar-refractivity contribution in [1.29, 1.82) is 0 Å². The highest BCUT2D eigenvalue weighted by Crippen LogP contribution is 2.32. The van der Waals surface area contributed by atoms with E-state index in [1.807, 2.05) is 6.92 Å². The molecule has 4 rings (SSSR count). The molecule has 2 aliphatic rings. The molecule has 8 nitrogen and oxygen atoms in total. The summed E-state index contributed by atoms with van der Waals surface area (Å²) in [6, 6.07) is 12.7. The van der Waals surface area contributed by atoms with Crippen LogP contribution in [0.15, 0.2) is 53.4 Å². The van der Waals surface area contributed by atoms with Crippen LogP contribution in [0.2, 0.25) is 0 Å². The molecule has 166 valence electrons. The molecule has 2 heterocycles. The first-order valence-electron chi connectivity index (χ1n) is 10.3. The third-order valence-corrected chi connectivity index (χ3v) is 6.81. The number of hydrogen-bond donors (Lipinski definition) is 1. The minimum absolute atomic E-state index is 0.0307. The Balaban J connectivity index is 1.45. The van der Waals surface area contributed by atoms with E-state index in [4.69, 9.17) is 14.2 Å². The van der Waals surface area contributed by atoms with E-state index < -0.39 is 15.8 Å². The first-order chi connectivity index (χ1) is 14.9. The molecule has 2 fully saturated rings. The summed E-state index contributed by atoms with van der Waals surface area (Å²) in [5, 5.41) is 0. The van der Waals surface area contributed by atoms with E-state index in [9.17, 15) is 13.2 Å². The lowest BCUT2D eigenvalue weighted by atomic mass is 10.0. The number of likely N-dealkylation sites (tertiary alicyclic amines) is 1. The van der Waals surface area contributed by atoms with Crippen LogP contribution in [0, 0.1) is 0 Å². The predicted octanol–water partition coefficient (Wildman–Crippen LogP) is 2.87.